The fourth-order valence-electron chi connectivity index (χ4n) is 7.84. The van der Waals surface area contributed by atoms with Gasteiger partial charge in [-0.05, 0) is 38.5 Å². The van der Waals surface area contributed by atoms with Crippen LogP contribution in [0.1, 0.15) is 264 Å². The van der Waals surface area contributed by atoms with Gasteiger partial charge < -0.3 is 18.9 Å². The third-order valence-corrected chi connectivity index (χ3v) is 13.0. The third kappa shape index (κ3) is 50.0. The fourth-order valence-corrected chi connectivity index (χ4v) is 8.58. The van der Waals surface area contributed by atoms with E-state index < -0.39 is 26.5 Å². The van der Waals surface area contributed by atoms with Crippen molar-refractivity contribution in [3.05, 3.63) is 12.2 Å². The molecule has 0 aliphatic heterocycles. The van der Waals surface area contributed by atoms with E-state index >= 15 is 0 Å². The number of esters is 2. The highest BCUT2D eigenvalue weighted by Gasteiger charge is 2.27. The van der Waals surface area contributed by atoms with Gasteiger partial charge in [0.25, 0.3) is 0 Å². The van der Waals surface area contributed by atoms with E-state index in [0.29, 0.717) is 23.9 Å². The molecule has 0 radical (unpaired) electrons. The largest absolute Gasteiger partial charge is 0.472 e. The van der Waals surface area contributed by atoms with Crippen LogP contribution in [0, 0.1) is 0 Å². The summed E-state index contributed by atoms with van der Waals surface area (Å²) < 4.78 is 34.4. The van der Waals surface area contributed by atoms with Crippen LogP contribution in [-0.4, -0.2) is 74.9 Å². The molecule has 0 aliphatic carbocycles. The molecule has 0 heterocycles. The lowest BCUT2D eigenvalue weighted by atomic mass is 10.0. The van der Waals surface area contributed by atoms with Gasteiger partial charge in [0.15, 0.2) is 6.10 Å². The van der Waals surface area contributed by atoms with Gasteiger partial charge in [-0.15, -0.1) is 0 Å². The minimum atomic E-state index is -4.37. The second-order valence-corrected chi connectivity index (χ2v) is 21.1. The van der Waals surface area contributed by atoms with Gasteiger partial charge in [0, 0.05) is 12.8 Å². The van der Waals surface area contributed by atoms with Crippen molar-refractivity contribution in [2.24, 2.45) is 0 Å². The summed E-state index contributed by atoms with van der Waals surface area (Å²) >= 11 is 0. The molecule has 0 aromatic heterocycles. The van der Waals surface area contributed by atoms with Gasteiger partial charge in [0.05, 0.1) is 27.7 Å². The SMILES string of the molecule is CCCCCCCCCC/C=C\CCCCCCCCCCCCCCCCCCCC(=O)OC(COC(=O)CCCCCCCCCCCC)COP(=O)(O)OCC[N+](C)(C)C. The summed E-state index contributed by atoms with van der Waals surface area (Å²) in [5.41, 5.74) is 0. The standard InChI is InChI=1S/C53H104NO8P/c1-6-8-10-12-14-16-18-19-20-21-22-23-24-25-26-27-28-29-30-31-32-33-34-35-36-38-40-42-44-46-53(56)62-51(50-61-63(57,58)60-48-47-54(3,4)5)49-59-52(55)45-43-41-39-37-17-15-13-11-9-7-2/h21-22,51H,6-20,23-50H2,1-5H3/p+1/b22-21-. The van der Waals surface area contributed by atoms with E-state index in [0.717, 1.165) is 32.1 Å². The van der Waals surface area contributed by atoms with Crippen LogP contribution >= 0.6 is 7.82 Å². The molecule has 0 saturated carbocycles. The quantitative estimate of drug-likeness (QED) is 0.0211. The number of phosphoric acid groups is 1. The second kappa shape index (κ2) is 45.9. The molecule has 0 aromatic rings. The van der Waals surface area contributed by atoms with E-state index in [4.69, 9.17) is 18.5 Å². The Kier molecular flexibility index (Phi) is 45.0. The number of quaternary nitrogens is 1. The van der Waals surface area contributed by atoms with Crippen LogP contribution in [0.25, 0.3) is 0 Å². The summed E-state index contributed by atoms with van der Waals surface area (Å²) in [4.78, 5) is 35.4. The summed E-state index contributed by atoms with van der Waals surface area (Å²) in [7, 11) is 1.49. The normalized spacial score (nSPS) is 13.4. The number of carbonyl (C=O) groups excluding carboxylic acids is 2. The number of phosphoric ester groups is 1. The molecule has 63 heavy (non-hydrogen) atoms. The smallest absolute Gasteiger partial charge is 0.462 e. The monoisotopic (exact) mass is 915 g/mol. The number of carbonyl (C=O) groups is 2. The van der Waals surface area contributed by atoms with E-state index in [1.165, 1.54) is 199 Å². The Morgan fingerprint density at radius 1 is 0.476 bits per heavy atom. The van der Waals surface area contributed by atoms with Gasteiger partial charge in [-0.25, -0.2) is 4.57 Å². The molecule has 0 saturated heterocycles. The predicted octanol–water partition coefficient (Wildman–Crippen LogP) is 16.1. The molecule has 0 spiro atoms. The zero-order valence-corrected chi connectivity index (χ0v) is 43.2. The molecule has 10 heteroatoms. The molecule has 1 N–H and O–H groups in total. The van der Waals surface area contributed by atoms with Crippen molar-refractivity contribution in [2.45, 2.75) is 270 Å². The first-order valence-electron chi connectivity index (χ1n) is 26.9. The third-order valence-electron chi connectivity index (χ3n) is 12.0. The van der Waals surface area contributed by atoms with Crippen LogP contribution in [0.5, 0.6) is 0 Å². The molecular weight excluding hydrogens is 810 g/mol. The zero-order chi connectivity index (χ0) is 46.4. The topological polar surface area (TPSA) is 108 Å². The average Bonchev–Trinajstić information content (AvgIpc) is 3.24. The maximum atomic E-state index is 12.7. The van der Waals surface area contributed by atoms with Crippen molar-refractivity contribution in [3.8, 4) is 0 Å². The molecular formula is C53H105NO8P+. The summed E-state index contributed by atoms with van der Waals surface area (Å²) in [6.45, 7) is 4.45. The Balaban J connectivity index is 4.00. The number of nitrogens with zero attached hydrogens (tertiary/aromatic N) is 1. The lowest BCUT2D eigenvalue weighted by molar-refractivity contribution is -0.870. The van der Waals surface area contributed by atoms with Crippen LogP contribution in [0.4, 0.5) is 0 Å². The van der Waals surface area contributed by atoms with Crippen molar-refractivity contribution in [2.75, 3.05) is 47.5 Å². The average molecular weight is 915 g/mol. The maximum absolute atomic E-state index is 12.7. The van der Waals surface area contributed by atoms with Crippen molar-refractivity contribution in [1.29, 1.82) is 0 Å². The van der Waals surface area contributed by atoms with E-state index in [9.17, 15) is 19.0 Å². The highest BCUT2D eigenvalue weighted by atomic mass is 31.2. The first kappa shape index (κ1) is 61.8. The van der Waals surface area contributed by atoms with E-state index in [-0.39, 0.29) is 25.6 Å². The molecule has 2 unspecified atom stereocenters. The van der Waals surface area contributed by atoms with Crippen LogP contribution in [0.2, 0.25) is 0 Å². The van der Waals surface area contributed by atoms with Gasteiger partial charge in [0.1, 0.15) is 19.8 Å². The Morgan fingerprint density at radius 3 is 1.17 bits per heavy atom. The van der Waals surface area contributed by atoms with E-state index in [1.54, 1.807) is 0 Å². The minimum Gasteiger partial charge on any atom is -0.462 e. The number of ether oxygens (including phenoxy) is 2. The summed E-state index contributed by atoms with van der Waals surface area (Å²) in [6, 6.07) is 0. The summed E-state index contributed by atoms with van der Waals surface area (Å²) in [6.07, 6.45) is 51.5. The van der Waals surface area contributed by atoms with E-state index in [2.05, 4.69) is 26.0 Å². The van der Waals surface area contributed by atoms with Gasteiger partial charge in [-0.1, -0.05) is 225 Å². The number of rotatable bonds is 50. The molecule has 0 bridgehead atoms. The van der Waals surface area contributed by atoms with Crippen molar-refractivity contribution >= 4 is 19.8 Å². The van der Waals surface area contributed by atoms with Gasteiger partial charge in [0.2, 0.25) is 0 Å². The first-order chi connectivity index (χ1) is 30.5. The predicted molar refractivity (Wildman–Crippen MR) is 266 cm³/mol. The van der Waals surface area contributed by atoms with E-state index in [1.807, 2.05) is 21.1 Å². The lowest BCUT2D eigenvalue weighted by Crippen LogP contribution is -2.37. The molecule has 0 aliphatic rings. The van der Waals surface area contributed by atoms with Crippen molar-refractivity contribution in [3.63, 3.8) is 0 Å². The van der Waals surface area contributed by atoms with Crippen LogP contribution in [0.15, 0.2) is 12.2 Å². The Hall–Kier alpha value is -1.25. The Morgan fingerprint density at radius 2 is 0.810 bits per heavy atom. The number of allylic oxidation sites excluding steroid dienone is 2. The Bertz CT molecular complexity index is 1080. The molecule has 9 nitrogen and oxygen atoms in total. The summed E-state index contributed by atoms with van der Waals surface area (Å²) in [5, 5.41) is 0. The molecule has 0 rings (SSSR count). The molecule has 374 valence electrons. The van der Waals surface area contributed by atoms with Gasteiger partial charge in [-0.3, -0.25) is 18.6 Å². The van der Waals surface area contributed by atoms with Crippen LogP contribution in [0.3, 0.4) is 0 Å². The number of hydrogen-bond donors (Lipinski definition) is 1. The molecule has 0 aromatic carbocycles. The number of unbranched alkanes of at least 4 members (excludes halogenated alkanes) is 34. The minimum absolute atomic E-state index is 0.0357. The summed E-state index contributed by atoms with van der Waals surface area (Å²) in [5.74, 6) is -0.785. The van der Waals surface area contributed by atoms with Crippen molar-refractivity contribution < 1.29 is 42.1 Å². The maximum Gasteiger partial charge on any atom is 0.472 e. The molecule has 0 fully saturated rings. The number of hydrogen-bond acceptors (Lipinski definition) is 7. The van der Waals surface area contributed by atoms with Gasteiger partial charge >= 0.3 is 19.8 Å². The van der Waals surface area contributed by atoms with Crippen LogP contribution < -0.4 is 0 Å². The first-order valence-corrected chi connectivity index (χ1v) is 28.4. The number of likely N-dealkylation sites (N-methyl/N-ethyl adjacent to an activating group) is 1. The zero-order valence-electron chi connectivity index (χ0n) is 42.3. The van der Waals surface area contributed by atoms with Crippen LogP contribution in [-0.2, 0) is 32.7 Å². The Labute approximate surface area is 390 Å². The molecule has 2 atom stereocenters. The lowest BCUT2D eigenvalue weighted by Gasteiger charge is -2.24. The fraction of sp³-hybridized carbons (Fsp3) is 0.925. The van der Waals surface area contributed by atoms with Gasteiger partial charge in [-0.2, -0.15) is 0 Å². The highest BCUT2D eigenvalue weighted by Crippen LogP contribution is 2.43. The molecule has 0 amide bonds. The van der Waals surface area contributed by atoms with Crippen molar-refractivity contribution in [1.82, 2.24) is 0 Å². The second-order valence-electron chi connectivity index (χ2n) is 19.6. The highest BCUT2D eigenvalue weighted by molar-refractivity contribution is 7.47.